The highest BCUT2D eigenvalue weighted by Gasteiger charge is 2.32. The molecule has 42 heavy (non-hydrogen) atoms. The second kappa shape index (κ2) is 17.2. The second-order valence-electron chi connectivity index (χ2n) is 13.0. The summed E-state index contributed by atoms with van der Waals surface area (Å²) in [4.78, 5) is 27.2. The SMILES string of the molecule is CC=C1CC2CC(=O)OC(C=CCCCCOC(=O)N3CCCCC3)C(C)C=CC(C)CC3CCCC(CC(C1)O2)O3. The van der Waals surface area contributed by atoms with Crippen molar-refractivity contribution in [3.8, 4) is 0 Å². The number of cyclic esters (lactones) is 1. The number of hydrogen-bond donors (Lipinski definition) is 0. The summed E-state index contributed by atoms with van der Waals surface area (Å²) in [5.74, 6) is 0.240. The zero-order valence-corrected chi connectivity index (χ0v) is 26.3. The minimum atomic E-state index is -0.332. The van der Waals surface area contributed by atoms with E-state index in [9.17, 15) is 9.59 Å². The molecule has 0 N–H and O–H groups in total. The predicted octanol–water partition coefficient (Wildman–Crippen LogP) is 7.69. The van der Waals surface area contributed by atoms with E-state index in [0.29, 0.717) is 18.6 Å². The molecule has 7 atom stereocenters. The van der Waals surface area contributed by atoms with E-state index in [-0.39, 0.29) is 48.8 Å². The molecule has 4 heterocycles. The van der Waals surface area contributed by atoms with Gasteiger partial charge in [0.2, 0.25) is 0 Å². The number of piperidine rings is 1. The lowest BCUT2D eigenvalue weighted by molar-refractivity contribution is -0.154. The van der Waals surface area contributed by atoms with E-state index < -0.39 is 0 Å². The number of unbranched alkanes of at least 4 members (excludes halogenated alkanes) is 2. The Labute approximate surface area is 254 Å². The van der Waals surface area contributed by atoms with E-state index in [1.807, 2.05) is 11.0 Å². The van der Waals surface area contributed by atoms with Gasteiger partial charge in [0.15, 0.2) is 0 Å². The number of carbonyl (C=O) groups is 2. The van der Waals surface area contributed by atoms with Gasteiger partial charge >= 0.3 is 12.1 Å². The van der Waals surface area contributed by atoms with Crippen molar-refractivity contribution in [1.29, 1.82) is 0 Å². The van der Waals surface area contributed by atoms with Crippen LogP contribution in [0.15, 0.2) is 36.0 Å². The van der Waals surface area contributed by atoms with Crippen molar-refractivity contribution in [3.63, 3.8) is 0 Å². The average molecular weight is 586 g/mol. The van der Waals surface area contributed by atoms with Crippen LogP contribution in [0, 0.1) is 11.8 Å². The third kappa shape index (κ3) is 10.9. The fraction of sp³-hybridized carbons (Fsp3) is 0.771. The molecule has 4 aliphatic heterocycles. The van der Waals surface area contributed by atoms with Gasteiger partial charge in [-0.3, -0.25) is 4.79 Å². The molecule has 0 aliphatic carbocycles. The number of ether oxygens (including phenoxy) is 4. The predicted molar refractivity (Wildman–Crippen MR) is 165 cm³/mol. The van der Waals surface area contributed by atoms with Crippen LogP contribution in [-0.4, -0.2) is 67.2 Å². The van der Waals surface area contributed by atoms with Crippen molar-refractivity contribution in [2.75, 3.05) is 19.7 Å². The lowest BCUT2D eigenvalue weighted by atomic mass is 9.90. The first-order valence-electron chi connectivity index (χ1n) is 16.8. The van der Waals surface area contributed by atoms with Gasteiger partial charge in [0, 0.05) is 25.4 Å². The van der Waals surface area contributed by atoms with Crippen LogP contribution in [0.4, 0.5) is 4.79 Å². The van der Waals surface area contributed by atoms with Crippen LogP contribution < -0.4 is 0 Å². The average Bonchev–Trinajstić information content (AvgIpc) is 2.98. The Balaban J connectivity index is 1.33. The van der Waals surface area contributed by atoms with E-state index in [0.717, 1.165) is 83.7 Å². The Hall–Kier alpha value is -2.12. The first-order valence-corrected chi connectivity index (χ1v) is 16.8. The molecule has 0 aromatic heterocycles. The monoisotopic (exact) mass is 585 g/mol. The smallest absolute Gasteiger partial charge is 0.409 e. The summed E-state index contributed by atoms with van der Waals surface area (Å²) in [6.07, 6.45) is 24.0. The second-order valence-corrected chi connectivity index (χ2v) is 13.0. The van der Waals surface area contributed by atoms with Crippen molar-refractivity contribution in [3.05, 3.63) is 36.0 Å². The number of nitrogens with zero attached hydrogens (tertiary/aromatic N) is 1. The third-order valence-electron chi connectivity index (χ3n) is 9.22. The van der Waals surface area contributed by atoms with Crippen molar-refractivity contribution >= 4 is 12.1 Å². The van der Waals surface area contributed by atoms with Crippen LogP contribution in [0.5, 0.6) is 0 Å². The Morgan fingerprint density at radius 2 is 1.67 bits per heavy atom. The molecule has 4 aliphatic rings. The number of esters is 1. The van der Waals surface area contributed by atoms with Gasteiger partial charge in [0.05, 0.1) is 37.4 Å². The quantitative estimate of drug-likeness (QED) is 0.181. The number of fused-ring (bicyclic) bond motifs is 4. The summed E-state index contributed by atoms with van der Waals surface area (Å²) in [5.41, 5.74) is 1.36. The number of likely N-dealkylation sites (tertiary alicyclic amines) is 1. The van der Waals surface area contributed by atoms with Crippen LogP contribution in [0.25, 0.3) is 0 Å². The summed E-state index contributed by atoms with van der Waals surface area (Å²) in [7, 11) is 0. The number of hydrogen-bond acceptors (Lipinski definition) is 6. The summed E-state index contributed by atoms with van der Waals surface area (Å²) >= 11 is 0. The van der Waals surface area contributed by atoms with Crippen molar-refractivity contribution in [2.24, 2.45) is 11.8 Å². The molecule has 1 amide bonds. The normalized spacial score (nSPS) is 34.4. The van der Waals surface area contributed by atoms with Crippen LogP contribution >= 0.6 is 0 Å². The third-order valence-corrected chi connectivity index (χ3v) is 9.22. The van der Waals surface area contributed by atoms with Crippen LogP contribution in [0.2, 0.25) is 0 Å². The fourth-order valence-corrected chi connectivity index (χ4v) is 6.75. The van der Waals surface area contributed by atoms with Gasteiger partial charge in [0.25, 0.3) is 0 Å². The largest absolute Gasteiger partial charge is 0.457 e. The van der Waals surface area contributed by atoms with Gasteiger partial charge in [-0.15, -0.1) is 0 Å². The zero-order valence-electron chi connectivity index (χ0n) is 26.3. The molecular formula is C35H55NO6. The molecule has 0 spiro atoms. The van der Waals surface area contributed by atoms with Gasteiger partial charge < -0.3 is 23.8 Å². The molecular weight excluding hydrogens is 530 g/mol. The van der Waals surface area contributed by atoms with E-state index in [1.165, 1.54) is 18.4 Å². The molecule has 3 fully saturated rings. The Kier molecular flexibility index (Phi) is 13.5. The fourth-order valence-electron chi connectivity index (χ4n) is 6.75. The highest BCUT2D eigenvalue weighted by atomic mass is 16.6. The molecule has 4 rings (SSSR count). The van der Waals surface area contributed by atoms with Crippen LogP contribution in [-0.2, 0) is 23.7 Å². The van der Waals surface area contributed by atoms with Crippen molar-refractivity contribution in [1.82, 2.24) is 4.90 Å². The maximum atomic E-state index is 13.2. The van der Waals surface area contributed by atoms with E-state index >= 15 is 0 Å². The molecule has 7 heteroatoms. The van der Waals surface area contributed by atoms with E-state index in [1.54, 1.807) is 0 Å². The molecule has 3 saturated heterocycles. The number of allylic oxidation sites excluding steroid dienone is 3. The Bertz CT molecular complexity index is 938. The minimum Gasteiger partial charge on any atom is -0.457 e. The molecule has 0 radical (unpaired) electrons. The standard InChI is InChI=1S/C35H55NO6/c1-4-28-22-31-24-30-14-12-13-29(40-30)21-26(2)16-17-27(3)33(42-34(37)25-32(23-28)41-31)15-8-5-6-11-20-39-35(38)36-18-9-7-10-19-36/h4,8,15-17,26-27,29-33H,5-7,9-14,18-25H2,1-3H3. The van der Waals surface area contributed by atoms with Crippen molar-refractivity contribution in [2.45, 2.75) is 141 Å². The Morgan fingerprint density at radius 1 is 0.929 bits per heavy atom. The van der Waals surface area contributed by atoms with Gasteiger partial charge in [-0.2, -0.15) is 0 Å². The topological polar surface area (TPSA) is 74.3 Å². The highest BCUT2D eigenvalue weighted by Crippen LogP contribution is 2.33. The summed E-state index contributed by atoms with van der Waals surface area (Å²) in [6.45, 7) is 8.52. The molecule has 0 saturated carbocycles. The molecule has 7 nitrogen and oxygen atoms in total. The van der Waals surface area contributed by atoms with E-state index in [4.69, 9.17) is 18.9 Å². The van der Waals surface area contributed by atoms with E-state index in [2.05, 4.69) is 45.1 Å². The molecule has 236 valence electrons. The lowest BCUT2D eigenvalue weighted by Crippen LogP contribution is -2.37. The summed E-state index contributed by atoms with van der Waals surface area (Å²) < 4.78 is 24.6. The van der Waals surface area contributed by atoms with Crippen LogP contribution in [0.3, 0.4) is 0 Å². The van der Waals surface area contributed by atoms with Crippen molar-refractivity contribution < 1.29 is 28.5 Å². The van der Waals surface area contributed by atoms with Crippen LogP contribution in [0.1, 0.15) is 111 Å². The molecule has 7 unspecified atom stereocenters. The Morgan fingerprint density at radius 3 is 2.45 bits per heavy atom. The summed E-state index contributed by atoms with van der Waals surface area (Å²) in [6, 6.07) is 0. The maximum absolute atomic E-state index is 13.2. The molecule has 0 aromatic carbocycles. The maximum Gasteiger partial charge on any atom is 0.409 e. The first kappa shape index (κ1) is 32.8. The van der Waals surface area contributed by atoms with Gasteiger partial charge in [0.1, 0.15) is 6.10 Å². The molecule has 0 aromatic rings. The highest BCUT2D eigenvalue weighted by molar-refractivity contribution is 5.70. The number of rotatable bonds is 6. The number of carbonyl (C=O) groups excluding carboxylic acids is 2. The molecule has 4 bridgehead atoms. The summed E-state index contributed by atoms with van der Waals surface area (Å²) in [5, 5.41) is 0. The first-order chi connectivity index (χ1) is 20.4. The van der Waals surface area contributed by atoms with Gasteiger partial charge in [-0.1, -0.05) is 43.7 Å². The zero-order chi connectivity index (χ0) is 29.7. The van der Waals surface area contributed by atoms with Gasteiger partial charge in [-0.05, 0) is 96.0 Å². The lowest BCUT2D eigenvalue weighted by Gasteiger charge is -2.37. The minimum absolute atomic E-state index is 0.0530. The number of amides is 1. The van der Waals surface area contributed by atoms with Gasteiger partial charge in [-0.25, -0.2) is 4.79 Å².